The van der Waals surface area contributed by atoms with E-state index in [0.717, 1.165) is 22.7 Å². The molecule has 7 nitrogen and oxygen atoms in total. The van der Waals surface area contributed by atoms with Gasteiger partial charge in [0.1, 0.15) is 11.6 Å². The number of nitrogens with one attached hydrogen (secondary N) is 2. The molecule has 0 aliphatic carbocycles. The van der Waals surface area contributed by atoms with E-state index in [4.69, 9.17) is 10.00 Å². The quantitative estimate of drug-likeness (QED) is 0.482. The summed E-state index contributed by atoms with van der Waals surface area (Å²) < 4.78 is 6.89. The summed E-state index contributed by atoms with van der Waals surface area (Å²) in [6.07, 6.45) is 0. The molecule has 0 saturated heterocycles. The van der Waals surface area contributed by atoms with E-state index in [2.05, 4.69) is 21.8 Å². The number of anilines is 2. The Bertz CT molecular complexity index is 1240. The number of hydrogen-bond acceptors (Lipinski definition) is 4. The van der Waals surface area contributed by atoms with E-state index < -0.39 is 6.03 Å². The topological polar surface area (TPSA) is 92.0 Å². The number of rotatable bonds is 5. The molecule has 0 spiro atoms. The van der Waals surface area contributed by atoms with Crippen LogP contribution < -0.4 is 15.4 Å². The molecule has 4 rings (SSSR count). The molecule has 1 aromatic heterocycles. The molecular weight excluding hydrogens is 390 g/mol. The van der Waals surface area contributed by atoms with E-state index in [-0.39, 0.29) is 0 Å². The standard InChI is InChI=1S/C24H19N5O2/c1-31-21-12-10-20(11-13-21)29-23(15-22(28-29)18-7-3-2-4-8-18)27-24(30)26-19-9-5-6-17(14-19)16-25/h2-15H,1H3,(H2,26,27,30). The van der Waals surface area contributed by atoms with Gasteiger partial charge < -0.3 is 10.1 Å². The molecule has 0 aliphatic heterocycles. The third-order valence-electron chi connectivity index (χ3n) is 4.59. The van der Waals surface area contributed by atoms with Gasteiger partial charge in [-0.3, -0.25) is 5.32 Å². The molecule has 152 valence electrons. The lowest BCUT2D eigenvalue weighted by Gasteiger charge is -2.10. The molecular formula is C24H19N5O2. The van der Waals surface area contributed by atoms with Crippen LogP contribution in [0.5, 0.6) is 5.75 Å². The van der Waals surface area contributed by atoms with Crippen molar-refractivity contribution in [3.63, 3.8) is 0 Å². The van der Waals surface area contributed by atoms with Crippen LogP contribution in [0.25, 0.3) is 16.9 Å². The Labute approximate surface area is 179 Å². The van der Waals surface area contributed by atoms with Gasteiger partial charge in [-0.25, -0.2) is 9.48 Å². The van der Waals surface area contributed by atoms with Crippen LogP contribution in [-0.2, 0) is 0 Å². The third kappa shape index (κ3) is 4.54. The summed E-state index contributed by atoms with van der Waals surface area (Å²) in [6.45, 7) is 0. The average molecular weight is 409 g/mol. The maximum atomic E-state index is 12.6. The van der Waals surface area contributed by atoms with Crippen molar-refractivity contribution in [3.05, 3.63) is 90.5 Å². The summed E-state index contributed by atoms with van der Waals surface area (Å²) in [5, 5.41) is 19.3. The number of methoxy groups -OCH3 is 1. The van der Waals surface area contributed by atoms with Crippen molar-refractivity contribution >= 4 is 17.5 Å². The fourth-order valence-electron chi connectivity index (χ4n) is 3.09. The monoisotopic (exact) mass is 409 g/mol. The number of nitriles is 1. The Hall–Kier alpha value is -4.57. The van der Waals surface area contributed by atoms with Crippen molar-refractivity contribution in [1.82, 2.24) is 9.78 Å². The highest BCUT2D eigenvalue weighted by Gasteiger charge is 2.14. The van der Waals surface area contributed by atoms with Crippen LogP contribution in [0.2, 0.25) is 0 Å². The number of urea groups is 1. The molecule has 0 atom stereocenters. The van der Waals surface area contributed by atoms with E-state index in [1.54, 1.807) is 36.1 Å². The van der Waals surface area contributed by atoms with Crippen LogP contribution in [0.15, 0.2) is 84.9 Å². The molecule has 31 heavy (non-hydrogen) atoms. The normalized spacial score (nSPS) is 10.2. The zero-order chi connectivity index (χ0) is 21.6. The summed E-state index contributed by atoms with van der Waals surface area (Å²) in [7, 11) is 1.61. The minimum atomic E-state index is -0.440. The molecule has 2 amide bonds. The second-order valence-electron chi connectivity index (χ2n) is 6.66. The first kappa shape index (κ1) is 19.7. The highest BCUT2D eigenvalue weighted by Crippen LogP contribution is 2.26. The van der Waals surface area contributed by atoms with Gasteiger partial charge in [0.2, 0.25) is 0 Å². The fourth-order valence-corrected chi connectivity index (χ4v) is 3.09. The molecule has 4 aromatic rings. The van der Waals surface area contributed by atoms with Crippen molar-refractivity contribution in [2.45, 2.75) is 0 Å². The second-order valence-corrected chi connectivity index (χ2v) is 6.66. The molecule has 0 unspecified atom stereocenters. The first-order valence-corrected chi connectivity index (χ1v) is 9.54. The van der Waals surface area contributed by atoms with Crippen LogP contribution in [-0.4, -0.2) is 22.9 Å². The van der Waals surface area contributed by atoms with Gasteiger partial charge in [-0.15, -0.1) is 0 Å². The van der Waals surface area contributed by atoms with Gasteiger partial charge in [-0.2, -0.15) is 10.4 Å². The molecule has 0 radical (unpaired) electrons. The minimum absolute atomic E-state index is 0.440. The van der Waals surface area contributed by atoms with Gasteiger partial charge in [-0.1, -0.05) is 36.4 Å². The van der Waals surface area contributed by atoms with Gasteiger partial charge in [0.05, 0.1) is 30.1 Å². The predicted molar refractivity (Wildman–Crippen MR) is 119 cm³/mol. The van der Waals surface area contributed by atoms with Crippen LogP contribution in [0.3, 0.4) is 0 Å². The fraction of sp³-hybridized carbons (Fsp3) is 0.0417. The Morgan fingerprint density at radius 1 is 0.968 bits per heavy atom. The maximum Gasteiger partial charge on any atom is 0.324 e. The highest BCUT2D eigenvalue weighted by atomic mass is 16.5. The maximum absolute atomic E-state index is 12.6. The van der Waals surface area contributed by atoms with Crippen molar-refractivity contribution in [3.8, 4) is 28.8 Å². The number of hydrogen-bond donors (Lipinski definition) is 2. The van der Waals surface area contributed by atoms with Gasteiger partial charge in [0.25, 0.3) is 0 Å². The van der Waals surface area contributed by atoms with Crippen molar-refractivity contribution < 1.29 is 9.53 Å². The zero-order valence-electron chi connectivity index (χ0n) is 16.7. The molecule has 7 heteroatoms. The highest BCUT2D eigenvalue weighted by molar-refractivity contribution is 5.99. The lowest BCUT2D eigenvalue weighted by Crippen LogP contribution is -2.21. The average Bonchev–Trinajstić information content (AvgIpc) is 3.23. The lowest BCUT2D eigenvalue weighted by molar-refractivity contribution is 0.262. The van der Waals surface area contributed by atoms with E-state index in [0.29, 0.717) is 17.1 Å². The van der Waals surface area contributed by atoms with Crippen molar-refractivity contribution in [2.24, 2.45) is 0 Å². The summed E-state index contributed by atoms with van der Waals surface area (Å²) in [6, 6.07) is 27.2. The van der Waals surface area contributed by atoms with E-state index >= 15 is 0 Å². The SMILES string of the molecule is COc1ccc(-n2nc(-c3ccccc3)cc2NC(=O)Nc2cccc(C#N)c2)cc1. The van der Waals surface area contributed by atoms with Crippen LogP contribution in [0, 0.1) is 11.3 Å². The minimum Gasteiger partial charge on any atom is -0.497 e. The molecule has 0 fully saturated rings. The first-order valence-electron chi connectivity index (χ1n) is 9.54. The number of ether oxygens (including phenoxy) is 1. The van der Waals surface area contributed by atoms with Gasteiger partial charge in [0.15, 0.2) is 0 Å². The number of nitrogens with zero attached hydrogens (tertiary/aromatic N) is 3. The predicted octanol–water partition coefficient (Wildman–Crippen LogP) is 5.06. The molecule has 0 aliphatic rings. The Kier molecular flexibility index (Phi) is 5.63. The van der Waals surface area contributed by atoms with Gasteiger partial charge >= 0.3 is 6.03 Å². The molecule has 0 bridgehead atoms. The molecule has 3 aromatic carbocycles. The number of carbonyl (C=O) groups excluding carboxylic acids is 1. The largest absolute Gasteiger partial charge is 0.497 e. The number of amides is 2. The third-order valence-corrected chi connectivity index (χ3v) is 4.59. The summed E-state index contributed by atoms with van der Waals surface area (Å²) in [5.74, 6) is 1.22. The van der Waals surface area contributed by atoms with E-state index in [1.165, 1.54) is 0 Å². The summed E-state index contributed by atoms with van der Waals surface area (Å²) >= 11 is 0. The Balaban J connectivity index is 1.65. The Morgan fingerprint density at radius 3 is 2.45 bits per heavy atom. The first-order chi connectivity index (χ1) is 15.2. The van der Waals surface area contributed by atoms with Crippen LogP contribution in [0.4, 0.5) is 16.3 Å². The van der Waals surface area contributed by atoms with Crippen LogP contribution >= 0.6 is 0 Å². The summed E-state index contributed by atoms with van der Waals surface area (Å²) in [4.78, 5) is 12.6. The lowest BCUT2D eigenvalue weighted by atomic mass is 10.2. The number of benzene rings is 3. The molecule has 2 N–H and O–H groups in total. The number of carbonyl (C=O) groups is 1. The summed E-state index contributed by atoms with van der Waals surface area (Å²) in [5.41, 5.74) is 3.41. The van der Waals surface area contributed by atoms with E-state index in [1.807, 2.05) is 60.7 Å². The molecule has 1 heterocycles. The second kappa shape index (κ2) is 8.84. The smallest absolute Gasteiger partial charge is 0.324 e. The van der Waals surface area contributed by atoms with Crippen molar-refractivity contribution in [2.75, 3.05) is 17.7 Å². The van der Waals surface area contributed by atoms with Gasteiger partial charge in [0, 0.05) is 17.3 Å². The molecule has 0 saturated carbocycles. The van der Waals surface area contributed by atoms with Gasteiger partial charge in [-0.05, 0) is 42.5 Å². The zero-order valence-corrected chi connectivity index (χ0v) is 16.7. The Morgan fingerprint density at radius 2 is 1.74 bits per heavy atom. The van der Waals surface area contributed by atoms with Crippen LogP contribution in [0.1, 0.15) is 5.56 Å². The van der Waals surface area contributed by atoms with Crippen molar-refractivity contribution in [1.29, 1.82) is 5.26 Å². The number of aromatic nitrogens is 2. The van der Waals surface area contributed by atoms with E-state index in [9.17, 15) is 4.79 Å².